The van der Waals surface area contributed by atoms with Crippen LogP contribution in [0.4, 0.5) is 0 Å². The molecular weight excluding hydrogens is 228 g/mol. The zero-order chi connectivity index (χ0) is 10.6. The topological polar surface area (TPSA) is 30.2 Å². The number of fused-ring (bicyclic) bond motifs is 3. The van der Waals surface area contributed by atoms with Crippen molar-refractivity contribution in [3.63, 3.8) is 0 Å². The number of hydrogen-bond acceptors (Lipinski definition) is 4. The van der Waals surface area contributed by atoms with Gasteiger partial charge in [-0.1, -0.05) is 0 Å². The molecule has 0 saturated carbocycles. The fourth-order valence-corrected chi connectivity index (χ4v) is 3.80. The third-order valence-electron chi connectivity index (χ3n) is 2.31. The summed E-state index contributed by atoms with van der Waals surface area (Å²) in [7, 11) is 0. The molecule has 0 aliphatic carbocycles. The van der Waals surface area contributed by atoms with E-state index in [2.05, 4.69) is 0 Å². The molecule has 0 aliphatic heterocycles. The number of thiophene rings is 2. The van der Waals surface area contributed by atoms with Gasteiger partial charge in [0.25, 0.3) is 0 Å². The fraction of sp³-hybridized carbons (Fsp3) is 0.182. The van der Waals surface area contributed by atoms with Crippen molar-refractivity contribution in [1.82, 2.24) is 0 Å². The van der Waals surface area contributed by atoms with E-state index in [1.54, 1.807) is 22.7 Å². The van der Waals surface area contributed by atoms with Crippen LogP contribution in [0.5, 0.6) is 0 Å². The zero-order valence-electron chi connectivity index (χ0n) is 8.29. The first kappa shape index (κ1) is 9.12. The lowest BCUT2D eigenvalue weighted by Crippen LogP contribution is -1.95. The van der Waals surface area contributed by atoms with E-state index in [1.165, 1.54) is 4.88 Å². The molecule has 0 atom stereocenters. The Kier molecular flexibility index (Phi) is 1.78. The van der Waals surface area contributed by atoms with Crippen LogP contribution >= 0.6 is 22.7 Å². The van der Waals surface area contributed by atoms with Crippen LogP contribution in [0, 0.1) is 13.8 Å². The number of rotatable bonds is 0. The first-order valence-corrected chi connectivity index (χ1v) is 6.22. The number of hydrogen-bond donors (Lipinski definition) is 0. The van der Waals surface area contributed by atoms with Gasteiger partial charge in [0.1, 0.15) is 0 Å². The highest BCUT2D eigenvalue weighted by Crippen LogP contribution is 2.34. The molecule has 76 valence electrons. The smallest absolute Gasteiger partial charge is 0.345 e. The van der Waals surface area contributed by atoms with Gasteiger partial charge in [0.2, 0.25) is 0 Å². The lowest BCUT2D eigenvalue weighted by atomic mass is 10.3. The molecule has 0 amide bonds. The summed E-state index contributed by atoms with van der Waals surface area (Å²) in [5, 5.41) is 0.715. The molecule has 0 aromatic carbocycles. The highest BCUT2D eigenvalue weighted by molar-refractivity contribution is 7.27. The summed E-state index contributed by atoms with van der Waals surface area (Å²) in [6, 6.07) is 3.83. The van der Waals surface area contributed by atoms with Crippen molar-refractivity contribution in [1.29, 1.82) is 0 Å². The van der Waals surface area contributed by atoms with E-state index in [-0.39, 0.29) is 5.63 Å². The summed E-state index contributed by atoms with van der Waals surface area (Å²) in [6.45, 7) is 4.04. The summed E-state index contributed by atoms with van der Waals surface area (Å²) >= 11 is 3.34. The molecule has 15 heavy (non-hydrogen) atoms. The maximum absolute atomic E-state index is 11.7. The average molecular weight is 236 g/mol. The lowest BCUT2D eigenvalue weighted by molar-refractivity contribution is 0.571. The summed E-state index contributed by atoms with van der Waals surface area (Å²) in [6.07, 6.45) is 0. The predicted octanol–water partition coefficient (Wildman–Crippen LogP) is 3.69. The van der Waals surface area contributed by atoms with Crippen LogP contribution in [0.25, 0.3) is 20.4 Å². The van der Waals surface area contributed by atoms with Crippen molar-refractivity contribution in [3.05, 3.63) is 32.3 Å². The van der Waals surface area contributed by atoms with Crippen LogP contribution in [0.15, 0.2) is 21.3 Å². The van der Waals surface area contributed by atoms with E-state index >= 15 is 0 Å². The summed E-state index contributed by atoms with van der Waals surface area (Å²) in [5.41, 5.74) is 0.497. The van der Waals surface area contributed by atoms with Gasteiger partial charge < -0.3 is 4.42 Å². The molecule has 0 N–H and O–H groups in total. The minimum absolute atomic E-state index is 0.223. The van der Waals surface area contributed by atoms with E-state index in [4.69, 9.17) is 4.42 Å². The Balaban J connectivity index is 2.67. The molecule has 3 aromatic heterocycles. The van der Waals surface area contributed by atoms with Gasteiger partial charge >= 0.3 is 5.63 Å². The molecule has 0 saturated heterocycles. The Morgan fingerprint density at radius 3 is 2.53 bits per heavy atom. The lowest BCUT2D eigenvalue weighted by Gasteiger charge is -1.89. The van der Waals surface area contributed by atoms with Crippen molar-refractivity contribution in [2.75, 3.05) is 0 Å². The molecule has 2 nitrogen and oxygen atoms in total. The first-order chi connectivity index (χ1) is 7.15. The van der Waals surface area contributed by atoms with Gasteiger partial charge in [-0.3, -0.25) is 0 Å². The third-order valence-corrected chi connectivity index (χ3v) is 4.55. The van der Waals surface area contributed by atoms with Crippen molar-refractivity contribution in [3.8, 4) is 0 Å². The maximum Gasteiger partial charge on any atom is 0.345 e. The Hall–Kier alpha value is -1.13. The molecule has 0 spiro atoms. The number of aryl methyl sites for hydroxylation is 2. The first-order valence-electron chi connectivity index (χ1n) is 4.58. The normalized spacial score (nSPS) is 11.6. The van der Waals surface area contributed by atoms with E-state index in [1.807, 2.05) is 26.0 Å². The Labute approximate surface area is 93.8 Å². The Morgan fingerprint density at radius 2 is 1.73 bits per heavy atom. The predicted molar refractivity (Wildman–Crippen MR) is 65.2 cm³/mol. The van der Waals surface area contributed by atoms with Crippen molar-refractivity contribution in [2.24, 2.45) is 0 Å². The van der Waals surface area contributed by atoms with Crippen LogP contribution in [-0.2, 0) is 0 Å². The van der Waals surface area contributed by atoms with Gasteiger partial charge in [-0.2, -0.15) is 0 Å². The molecule has 3 rings (SSSR count). The molecule has 4 heteroatoms. The minimum atomic E-state index is -0.223. The third kappa shape index (κ3) is 1.25. The van der Waals surface area contributed by atoms with Gasteiger partial charge in [-0.15, -0.1) is 22.7 Å². The average Bonchev–Trinajstić information content (AvgIpc) is 2.68. The minimum Gasteiger partial charge on any atom is -0.421 e. The molecular formula is C11H8O2S2. The highest BCUT2D eigenvalue weighted by Gasteiger charge is 2.12. The zero-order valence-corrected chi connectivity index (χ0v) is 9.92. The maximum atomic E-state index is 11.7. The van der Waals surface area contributed by atoms with E-state index < -0.39 is 0 Å². The van der Waals surface area contributed by atoms with E-state index in [0.717, 1.165) is 19.9 Å². The van der Waals surface area contributed by atoms with Crippen LogP contribution in [0.3, 0.4) is 0 Å². The SMILES string of the molecule is Cc1cc2oc(=O)c3cc(C)sc3c2s1. The van der Waals surface area contributed by atoms with Crippen LogP contribution < -0.4 is 5.63 Å². The van der Waals surface area contributed by atoms with Crippen molar-refractivity contribution < 1.29 is 4.42 Å². The quantitative estimate of drug-likeness (QED) is 0.596. The molecule has 0 bridgehead atoms. The summed E-state index contributed by atoms with van der Waals surface area (Å²) in [5.74, 6) is 0. The standard InChI is InChI=1S/C11H8O2S2/c1-5-3-7-9(14-5)10-8(13-11(7)12)4-6(2)15-10/h3-4H,1-2H3. The Bertz CT molecular complexity index is 715. The van der Waals surface area contributed by atoms with Gasteiger partial charge in [0.15, 0.2) is 5.58 Å². The van der Waals surface area contributed by atoms with Gasteiger partial charge in [-0.05, 0) is 26.0 Å². The second kappa shape index (κ2) is 2.93. The van der Waals surface area contributed by atoms with Crippen molar-refractivity contribution >= 4 is 43.0 Å². The fourth-order valence-electron chi connectivity index (χ4n) is 1.71. The van der Waals surface area contributed by atoms with Gasteiger partial charge in [0, 0.05) is 9.75 Å². The van der Waals surface area contributed by atoms with Crippen molar-refractivity contribution in [2.45, 2.75) is 13.8 Å². The molecule has 3 aromatic rings. The molecule has 0 radical (unpaired) electrons. The molecule has 0 unspecified atom stereocenters. The molecule has 0 fully saturated rings. The second-order valence-corrected chi connectivity index (χ2v) is 6.05. The van der Waals surface area contributed by atoms with E-state index in [0.29, 0.717) is 5.39 Å². The van der Waals surface area contributed by atoms with E-state index in [9.17, 15) is 4.79 Å². The largest absolute Gasteiger partial charge is 0.421 e. The second-order valence-electron chi connectivity index (χ2n) is 3.54. The van der Waals surface area contributed by atoms with Gasteiger partial charge in [-0.25, -0.2) is 4.79 Å². The molecule has 3 heterocycles. The molecule has 0 aliphatic rings. The highest BCUT2D eigenvalue weighted by atomic mass is 32.1. The monoisotopic (exact) mass is 236 g/mol. The van der Waals surface area contributed by atoms with Gasteiger partial charge in [0.05, 0.1) is 14.8 Å². The van der Waals surface area contributed by atoms with Crippen LogP contribution in [0.2, 0.25) is 0 Å². The van der Waals surface area contributed by atoms with Crippen LogP contribution in [-0.4, -0.2) is 0 Å². The van der Waals surface area contributed by atoms with Crippen LogP contribution in [0.1, 0.15) is 9.75 Å². The Morgan fingerprint density at radius 1 is 1.07 bits per heavy atom. The summed E-state index contributed by atoms with van der Waals surface area (Å²) in [4.78, 5) is 14.0. The summed E-state index contributed by atoms with van der Waals surface area (Å²) < 4.78 is 7.43.